The highest BCUT2D eigenvalue weighted by Gasteiger charge is 2.35. The van der Waals surface area contributed by atoms with E-state index in [1.807, 2.05) is 63.3 Å². The second kappa shape index (κ2) is 17.5. The van der Waals surface area contributed by atoms with Gasteiger partial charge in [0.25, 0.3) is 0 Å². The lowest BCUT2D eigenvalue weighted by Gasteiger charge is -2.28. The molecule has 9 nitrogen and oxygen atoms in total. The van der Waals surface area contributed by atoms with Crippen molar-refractivity contribution in [2.24, 2.45) is 17.8 Å². The molecule has 0 aromatic heterocycles. The van der Waals surface area contributed by atoms with Crippen LogP contribution in [0.1, 0.15) is 58.6 Å². The van der Waals surface area contributed by atoms with Gasteiger partial charge in [0, 0.05) is 18.8 Å². The topological polar surface area (TPSA) is 120 Å². The van der Waals surface area contributed by atoms with Crippen LogP contribution in [0.4, 0.5) is 0 Å². The van der Waals surface area contributed by atoms with Gasteiger partial charge in [-0.3, -0.25) is 9.59 Å². The molecule has 1 aliphatic heterocycles. The van der Waals surface area contributed by atoms with E-state index in [1.165, 1.54) is 13.2 Å². The van der Waals surface area contributed by atoms with Gasteiger partial charge in [-0.15, -0.1) is 0 Å². The summed E-state index contributed by atoms with van der Waals surface area (Å²) in [6.07, 6.45) is 5.52. The van der Waals surface area contributed by atoms with E-state index in [9.17, 15) is 19.2 Å². The van der Waals surface area contributed by atoms with Crippen LogP contribution in [-0.4, -0.2) is 55.2 Å². The normalized spacial score (nSPS) is 23.2. The van der Waals surface area contributed by atoms with Crippen LogP contribution in [0.25, 0.3) is 6.08 Å². The van der Waals surface area contributed by atoms with Gasteiger partial charge in [-0.2, -0.15) is 0 Å². The number of esters is 2. The highest BCUT2D eigenvalue weighted by atomic mass is 35.5. The van der Waals surface area contributed by atoms with Crippen LogP contribution in [0.3, 0.4) is 0 Å². The van der Waals surface area contributed by atoms with Gasteiger partial charge < -0.3 is 24.8 Å². The number of carbonyl (C=O) groups excluding carboxylic acids is 4. The maximum atomic E-state index is 13.6. The van der Waals surface area contributed by atoms with Crippen molar-refractivity contribution in [3.05, 3.63) is 82.9 Å². The Morgan fingerprint density at radius 1 is 0.957 bits per heavy atom. The van der Waals surface area contributed by atoms with Crippen LogP contribution in [0.2, 0.25) is 5.02 Å². The van der Waals surface area contributed by atoms with Crippen molar-refractivity contribution in [2.45, 2.75) is 78.2 Å². The first-order chi connectivity index (χ1) is 21.9. The minimum Gasteiger partial charge on any atom is -0.495 e. The van der Waals surface area contributed by atoms with Crippen LogP contribution < -0.4 is 15.4 Å². The predicted octanol–water partition coefficient (Wildman–Crippen LogP) is 5.70. The molecular formula is C36H45ClN2O7. The molecular weight excluding hydrogens is 608 g/mol. The summed E-state index contributed by atoms with van der Waals surface area (Å²) in [5.41, 5.74) is 1.66. The molecule has 248 valence electrons. The fourth-order valence-electron chi connectivity index (χ4n) is 4.94. The SMILES string of the molecule is COc1ccc(C[C@H]2NC(=O)/C=C/C[C@@H]([C@H](C)/C=C/c3ccccc3)OC(=O)[C@H](CC(C)C)OC(=O)[C@H](C(C)C)NC2=O)cc1Cl. The van der Waals surface area contributed by atoms with Gasteiger partial charge in [0.2, 0.25) is 11.8 Å². The molecule has 0 saturated heterocycles. The molecule has 0 fully saturated rings. The van der Waals surface area contributed by atoms with Crippen LogP contribution in [0, 0.1) is 17.8 Å². The predicted molar refractivity (Wildman–Crippen MR) is 178 cm³/mol. The molecule has 0 saturated carbocycles. The number of carbonyl (C=O) groups is 4. The van der Waals surface area contributed by atoms with E-state index in [0.29, 0.717) is 16.3 Å². The van der Waals surface area contributed by atoms with Crippen LogP contribution in [-0.2, 0) is 35.1 Å². The van der Waals surface area contributed by atoms with E-state index in [2.05, 4.69) is 10.6 Å². The summed E-state index contributed by atoms with van der Waals surface area (Å²) < 4.78 is 17.0. The summed E-state index contributed by atoms with van der Waals surface area (Å²) >= 11 is 6.32. The average Bonchev–Trinajstić information content (AvgIpc) is 3.01. The molecule has 1 aliphatic rings. The summed E-state index contributed by atoms with van der Waals surface area (Å²) in [5.74, 6) is -2.69. The van der Waals surface area contributed by atoms with Crippen molar-refractivity contribution < 1.29 is 33.4 Å². The summed E-state index contributed by atoms with van der Waals surface area (Å²) in [7, 11) is 1.50. The molecule has 1 heterocycles. The quantitative estimate of drug-likeness (QED) is 0.334. The first-order valence-electron chi connectivity index (χ1n) is 15.6. The van der Waals surface area contributed by atoms with Gasteiger partial charge in [0.1, 0.15) is 23.9 Å². The highest BCUT2D eigenvalue weighted by Crippen LogP contribution is 2.26. The Balaban J connectivity index is 1.97. The molecule has 0 spiro atoms. The van der Waals surface area contributed by atoms with E-state index in [0.717, 1.165) is 5.56 Å². The summed E-state index contributed by atoms with van der Waals surface area (Å²) in [5, 5.41) is 5.85. The number of hydrogen-bond acceptors (Lipinski definition) is 7. The van der Waals surface area contributed by atoms with Crippen molar-refractivity contribution in [1.29, 1.82) is 0 Å². The van der Waals surface area contributed by atoms with Crippen LogP contribution >= 0.6 is 11.6 Å². The monoisotopic (exact) mass is 652 g/mol. The van der Waals surface area contributed by atoms with E-state index in [-0.39, 0.29) is 37.0 Å². The van der Waals surface area contributed by atoms with Crippen LogP contribution in [0.5, 0.6) is 5.75 Å². The van der Waals surface area contributed by atoms with Gasteiger partial charge in [0.15, 0.2) is 6.10 Å². The van der Waals surface area contributed by atoms with Crippen molar-refractivity contribution in [2.75, 3.05) is 7.11 Å². The van der Waals surface area contributed by atoms with Gasteiger partial charge in [-0.25, -0.2) is 9.59 Å². The smallest absolute Gasteiger partial charge is 0.347 e. The van der Waals surface area contributed by atoms with Gasteiger partial charge >= 0.3 is 11.9 Å². The lowest BCUT2D eigenvalue weighted by molar-refractivity contribution is -0.175. The number of cyclic esters (lactones) is 2. The molecule has 3 rings (SSSR count). The maximum absolute atomic E-state index is 13.6. The molecule has 2 N–H and O–H groups in total. The van der Waals surface area contributed by atoms with Crippen molar-refractivity contribution in [3.8, 4) is 5.75 Å². The number of amides is 2. The lowest BCUT2D eigenvalue weighted by Crippen LogP contribution is -2.54. The first kappa shape index (κ1) is 36.4. The molecule has 0 radical (unpaired) electrons. The molecule has 2 aromatic rings. The zero-order valence-electron chi connectivity index (χ0n) is 27.3. The summed E-state index contributed by atoms with van der Waals surface area (Å²) in [4.78, 5) is 53.7. The molecule has 2 amide bonds. The standard InChI is InChI=1S/C36H45ClN2O7/c1-22(2)19-31-35(42)45-29(24(5)15-16-25-11-8-7-9-12-25)13-10-14-32(40)38-28(21-26-17-18-30(44-6)27(37)20-26)34(41)39-33(23(3)4)36(43)46-31/h7-12,14-18,20,22-24,28-29,31,33H,13,19,21H2,1-6H3,(H,38,40)(H,39,41)/b14-10+,16-15+/t24-,28-,29+,31+,33+/m1/s1. The summed E-state index contributed by atoms with van der Waals surface area (Å²) in [6, 6.07) is 12.7. The van der Waals surface area contributed by atoms with Crippen molar-refractivity contribution in [3.63, 3.8) is 0 Å². The van der Waals surface area contributed by atoms with E-state index >= 15 is 0 Å². The summed E-state index contributed by atoms with van der Waals surface area (Å²) in [6.45, 7) is 9.25. The van der Waals surface area contributed by atoms with Gasteiger partial charge in [0.05, 0.1) is 12.1 Å². The third-order valence-corrected chi connectivity index (χ3v) is 7.89. The van der Waals surface area contributed by atoms with Crippen molar-refractivity contribution >= 4 is 41.4 Å². The number of methoxy groups -OCH3 is 1. The van der Waals surface area contributed by atoms with Gasteiger partial charge in [-0.1, -0.05) is 101 Å². The minimum atomic E-state index is -1.18. The second-order valence-electron chi connectivity index (χ2n) is 12.3. The van der Waals surface area contributed by atoms with E-state index < -0.39 is 48.0 Å². The molecule has 0 unspecified atom stereocenters. The van der Waals surface area contributed by atoms with Crippen LogP contribution in [0.15, 0.2) is 66.8 Å². The first-order valence-corrected chi connectivity index (χ1v) is 16.0. The lowest BCUT2D eigenvalue weighted by atomic mass is 9.99. The molecule has 0 bridgehead atoms. The number of hydrogen-bond donors (Lipinski definition) is 2. The highest BCUT2D eigenvalue weighted by molar-refractivity contribution is 6.32. The fraction of sp³-hybridized carbons (Fsp3) is 0.444. The Labute approximate surface area is 276 Å². The molecule has 2 aromatic carbocycles. The average molecular weight is 653 g/mol. The fourth-order valence-corrected chi connectivity index (χ4v) is 5.22. The third-order valence-electron chi connectivity index (χ3n) is 7.60. The second-order valence-corrected chi connectivity index (χ2v) is 12.7. The Morgan fingerprint density at radius 2 is 1.67 bits per heavy atom. The molecule has 46 heavy (non-hydrogen) atoms. The third kappa shape index (κ3) is 11.1. The number of halogens is 1. The Hall–Kier alpha value is -4.11. The molecule has 5 atom stereocenters. The Morgan fingerprint density at radius 3 is 2.30 bits per heavy atom. The number of nitrogens with one attached hydrogen (secondary N) is 2. The largest absolute Gasteiger partial charge is 0.495 e. The maximum Gasteiger partial charge on any atom is 0.347 e. The zero-order valence-corrected chi connectivity index (χ0v) is 28.1. The Bertz CT molecular complexity index is 1410. The Kier molecular flexibility index (Phi) is 13.9. The number of benzene rings is 2. The number of rotatable bonds is 9. The molecule has 0 aliphatic carbocycles. The van der Waals surface area contributed by atoms with Crippen molar-refractivity contribution in [1.82, 2.24) is 10.6 Å². The zero-order chi connectivity index (χ0) is 33.8. The van der Waals surface area contributed by atoms with E-state index in [1.54, 1.807) is 38.1 Å². The minimum absolute atomic E-state index is 0.00999. The molecule has 10 heteroatoms. The van der Waals surface area contributed by atoms with E-state index in [4.69, 9.17) is 25.8 Å². The van der Waals surface area contributed by atoms with Gasteiger partial charge in [-0.05, 0) is 47.6 Å². The number of ether oxygens (including phenoxy) is 3.